The Hall–Kier alpha value is -1.61. The van der Waals surface area contributed by atoms with E-state index in [1.165, 1.54) is 12.1 Å². The van der Waals surface area contributed by atoms with Crippen LogP contribution in [0.5, 0.6) is 0 Å². The van der Waals surface area contributed by atoms with Crippen molar-refractivity contribution in [1.82, 2.24) is 0 Å². The lowest BCUT2D eigenvalue weighted by Crippen LogP contribution is -2.30. The number of rotatable bonds is 3. The molecule has 0 radical (unpaired) electrons. The maximum atomic E-state index is 11.9. The highest BCUT2D eigenvalue weighted by Crippen LogP contribution is 2.21. The molecule has 106 valence electrons. The van der Waals surface area contributed by atoms with Crippen molar-refractivity contribution in [3.05, 3.63) is 29.8 Å². The molecular weight excluding hydrogens is 287 g/mol. The number of hydrogen-bond acceptors (Lipinski definition) is 5. The first-order valence-electron chi connectivity index (χ1n) is 4.85. The molecule has 0 spiro atoms. The van der Waals surface area contributed by atoms with Crippen LogP contribution in [0.2, 0.25) is 0 Å². The Morgan fingerprint density at radius 3 is 2.11 bits per heavy atom. The molecule has 0 aliphatic rings. The number of hydrogen-bond donors (Lipinski definition) is 1. The third-order valence-electron chi connectivity index (χ3n) is 2.10. The third-order valence-corrected chi connectivity index (χ3v) is 3.23. The largest absolute Gasteiger partial charge is 0.490 e. The van der Waals surface area contributed by atoms with E-state index in [0.29, 0.717) is 0 Å². The summed E-state index contributed by atoms with van der Waals surface area (Å²) in [6.07, 6.45) is -5.78. The Labute approximate surface area is 107 Å². The normalized spacial score (nSPS) is 13.9. The molecular formula is C10H10F3NO4S. The van der Waals surface area contributed by atoms with E-state index in [2.05, 4.69) is 4.74 Å². The monoisotopic (exact) mass is 297 g/mol. The summed E-state index contributed by atoms with van der Waals surface area (Å²) in [5.74, 6) is -2.41. The van der Waals surface area contributed by atoms with Gasteiger partial charge in [0, 0.05) is 11.8 Å². The van der Waals surface area contributed by atoms with Crippen LogP contribution in [-0.2, 0) is 19.4 Å². The Kier molecular flexibility index (Phi) is 4.21. The second-order valence-electron chi connectivity index (χ2n) is 3.66. The highest BCUT2D eigenvalue weighted by atomic mass is 32.2. The Bertz CT molecular complexity index is 565. The fraction of sp³-hybridized carbons (Fsp3) is 0.300. The molecule has 0 aliphatic carbocycles. The smallest absolute Gasteiger partial charge is 0.436 e. The predicted molar refractivity (Wildman–Crippen MR) is 58.6 cm³/mol. The molecule has 19 heavy (non-hydrogen) atoms. The molecule has 0 aromatic heterocycles. The highest BCUT2D eigenvalue weighted by Gasteiger charge is 2.42. The summed E-state index contributed by atoms with van der Waals surface area (Å²) in [5, 5.41) is 0. The molecule has 9 heteroatoms. The zero-order valence-corrected chi connectivity index (χ0v) is 10.5. The van der Waals surface area contributed by atoms with Gasteiger partial charge in [-0.1, -0.05) is 12.1 Å². The van der Waals surface area contributed by atoms with E-state index in [-0.39, 0.29) is 10.5 Å². The molecule has 2 N–H and O–H groups in total. The molecule has 1 aromatic carbocycles. The van der Waals surface area contributed by atoms with Crippen molar-refractivity contribution in [2.45, 2.75) is 17.3 Å². The average Bonchev–Trinajstić information content (AvgIpc) is 2.26. The highest BCUT2D eigenvalue weighted by molar-refractivity contribution is 7.90. The number of nitrogens with two attached hydrogens (primary N) is 1. The number of carbonyl (C=O) groups is 1. The van der Waals surface area contributed by atoms with Gasteiger partial charge in [-0.2, -0.15) is 13.2 Å². The van der Waals surface area contributed by atoms with Crippen LogP contribution >= 0.6 is 0 Å². The molecule has 5 nitrogen and oxygen atoms in total. The fourth-order valence-electron chi connectivity index (χ4n) is 1.15. The first-order valence-corrected chi connectivity index (χ1v) is 6.74. The number of benzene rings is 1. The van der Waals surface area contributed by atoms with Gasteiger partial charge in [0.25, 0.3) is 0 Å². The number of ether oxygens (including phenoxy) is 1. The predicted octanol–water partition coefficient (Wildman–Crippen LogP) is 1.15. The average molecular weight is 297 g/mol. The first kappa shape index (κ1) is 15.4. The van der Waals surface area contributed by atoms with Crippen LogP contribution in [0.1, 0.15) is 11.8 Å². The van der Waals surface area contributed by atoms with Gasteiger partial charge in [-0.25, -0.2) is 13.2 Å². The lowest BCUT2D eigenvalue weighted by molar-refractivity contribution is -0.205. The topological polar surface area (TPSA) is 86.5 Å². The summed E-state index contributed by atoms with van der Waals surface area (Å²) in [6.45, 7) is 0. The standard InChI is InChI=1S/C10H10F3NO4S/c1-19(16,17)7-4-2-6(3-5-7)8(14)18-9(15)10(11,12)13/h2-5,8H,14H2,1H3. The molecule has 1 aromatic rings. The summed E-state index contributed by atoms with van der Waals surface area (Å²) in [4.78, 5) is 10.5. The molecule has 1 atom stereocenters. The van der Waals surface area contributed by atoms with Crippen molar-refractivity contribution < 1.29 is 31.1 Å². The van der Waals surface area contributed by atoms with Crippen molar-refractivity contribution in [2.24, 2.45) is 5.73 Å². The quantitative estimate of drug-likeness (QED) is 0.668. The number of carbonyl (C=O) groups excluding carboxylic acids is 1. The maximum absolute atomic E-state index is 11.9. The lowest BCUT2D eigenvalue weighted by Gasteiger charge is -2.14. The van der Waals surface area contributed by atoms with Gasteiger partial charge in [-0.05, 0) is 12.1 Å². The number of halogens is 3. The number of sulfone groups is 1. The molecule has 0 heterocycles. The van der Waals surface area contributed by atoms with Crippen LogP contribution < -0.4 is 5.73 Å². The van der Waals surface area contributed by atoms with Gasteiger partial charge in [-0.15, -0.1) is 0 Å². The van der Waals surface area contributed by atoms with E-state index in [1.54, 1.807) is 0 Å². The van der Waals surface area contributed by atoms with Gasteiger partial charge in [0.05, 0.1) is 4.90 Å². The molecule has 1 unspecified atom stereocenters. The summed E-state index contributed by atoms with van der Waals surface area (Å²) >= 11 is 0. The van der Waals surface area contributed by atoms with Gasteiger partial charge in [0.1, 0.15) is 0 Å². The van der Waals surface area contributed by atoms with E-state index in [9.17, 15) is 26.4 Å². The number of esters is 1. The summed E-state index contributed by atoms with van der Waals surface area (Å²) in [7, 11) is -3.42. The third kappa shape index (κ3) is 4.21. The van der Waals surface area contributed by atoms with Crippen molar-refractivity contribution in [1.29, 1.82) is 0 Å². The Balaban J connectivity index is 2.85. The maximum Gasteiger partial charge on any atom is 0.490 e. The zero-order valence-electron chi connectivity index (χ0n) is 9.64. The molecule has 0 aliphatic heterocycles. The molecule has 0 saturated carbocycles. The molecule has 0 saturated heterocycles. The van der Waals surface area contributed by atoms with Crippen LogP contribution in [0.25, 0.3) is 0 Å². The van der Waals surface area contributed by atoms with Gasteiger partial charge >= 0.3 is 12.1 Å². The van der Waals surface area contributed by atoms with Crippen LogP contribution in [0.15, 0.2) is 29.2 Å². The van der Waals surface area contributed by atoms with Gasteiger partial charge < -0.3 is 4.74 Å². The second kappa shape index (κ2) is 5.17. The Morgan fingerprint density at radius 2 is 1.74 bits per heavy atom. The van der Waals surface area contributed by atoms with E-state index < -0.39 is 28.2 Å². The molecule has 0 bridgehead atoms. The van der Waals surface area contributed by atoms with Gasteiger partial charge in [0.2, 0.25) is 0 Å². The van der Waals surface area contributed by atoms with E-state index >= 15 is 0 Å². The molecule has 0 amide bonds. The van der Waals surface area contributed by atoms with E-state index in [4.69, 9.17) is 5.73 Å². The zero-order chi connectivity index (χ0) is 14.8. The Morgan fingerprint density at radius 1 is 1.26 bits per heavy atom. The van der Waals surface area contributed by atoms with Gasteiger partial charge in [-0.3, -0.25) is 5.73 Å². The van der Waals surface area contributed by atoms with E-state index in [0.717, 1.165) is 18.4 Å². The van der Waals surface area contributed by atoms with Crippen LogP contribution in [-0.4, -0.2) is 26.8 Å². The van der Waals surface area contributed by atoms with Crippen molar-refractivity contribution in [3.63, 3.8) is 0 Å². The summed E-state index contributed by atoms with van der Waals surface area (Å²) in [6, 6.07) is 4.66. The summed E-state index contributed by atoms with van der Waals surface area (Å²) < 4.78 is 62.1. The minimum absolute atomic E-state index is 0.0226. The minimum atomic E-state index is -5.13. The fourth-order valence-corrected chi connectivity index (χ4v) is 1.79. The SMILES string of the molecule is CS(=O)(=O)c1ccc(C(N)OC(=O)C(F)(F)F)cc1. The lowest BCUT2D eigenvalue weighted by atomic mass is 10.2. The molecule has 1 rings (SSSR count). The first-order chi connectivity index (χ1) is 8.51. The summed E-state index contributed by atoms with van der Waals surface area (Å²) in [5.41, 5.74) is 5.31. The van der Waals surface area contributed by atoms with Crippen LogP contribution in [0.4, 0.5) is 13.2 Å². The van der Waals surface area contributed by atoms with Crippen LogP contribution in [0.3, 0.4) is 0 Å². The van der Waals surface area contributed by atoms with Crippen molar-refractivity contribution >= 4 is 15.8 Å². The number of alkyl halides is 3. The van der Waals surface area contributed by atoms with Crippen molar-refractivity contribution in [2.75, 3.05) is 6.26 Å². The van der Waals surface area contributed by atoms with Crippen LogP contribution in [0, 0.1) is 0 Å². The molecule has 0 fully saturated rings. The van der Waals surface area contributed by atoms with E-state index in [1.807, 2.05) is 0 Å². The van der Waals surface area contributed by atoms with Crippen molar-refractivity contribution in [3.8, 4) is 0 Å². The second-order valence-corrected chi connectivity index (χ2v) is 5.68. The minimum Gasteiger partial charge on any atom is -0.436 e. The van der Waals surface area contributed by atoms with Gasteiger partial charge in [0.15, 0.2) is 16.1 Å².